The second-order valence-corrected chi connectivity index (χ2v) is 3.72. The molecular formula is C8H14N4O. The van der Waals surface area contributed by atoms with Crippen molar-refractivity contribution in [2.75, 3.05) is 27.2 Å². The van der Waals surface area contributed by atoms with E-state index < -0.39 is 5.54 Å². The number of rotatable bonds is 0. The topological polar surface area (TPSA) is 56.7 Å². The Hall–Kier alpha value is -1.10. The van der Waals surface area contributed by atoms with Crippen molar-refractivity contribution in [2.24, 2.45) is 4.99 Å². The van der Waals surface area contributed by atoms with Crippen molar-refractivity contribution in [3.8, 4) is 0 Å². The molecule has 0 bridgehead atoms. The van der Waals surface area contributed by atoms with Crippen molar-refractivity contribution in [3.63, 3.8) is 0 Å². The second-order valence-electron chi connectivity index (χ2n) is 3.72. The van der Waals surface area contributed by atoms with Crippen LogP contribution >= 0.6 is 0 Å². The lowest BCUT2D eigenvalue weighted by Gasteiger charge is -2.19. The smallest absolute Gasteiger partial charge is 0.253 e. The third-order valence-electron chi connectivity index (χ3n) is 2.71. The van der Waals surface area contributed by atoms with Crippen LogP contribution in [0.4, 0.5) is 0 Å². The van der Waals surface area contributed by atoms with Gasteiger partial charge >= 0.3 is 0 Å². The number of aliphatic imine (C=N–C) groups is 1. The van der Waals surface area contributed by atoms with Crippen LogP contribution in [0.2, 0.25) is 0 Å². The van der Waals surface area contributed by atoms with E-state index in [1.54, 1.807) is 7.05 Å². The van der Waals surface area contributed by atoms with Crippen LogP contribution in [0.3, 0.4) is 0 Å². The van der Waals surface area contributed by atoms with Crippen molar-refractivity contribution in [2.45, 2.75) is 12.0 Å². The Labute approximate surface area is 77.2 Å². The summed E-state index contributed by atoms with van der Waals surface area (Å²) < 4.78 is 0. The molecule has 1 spiro atoms. The first kappa shape index (κ1) is 8.50. The average molecular weight is 182 g/mol. The van der Waals surface area contributed by atoms with Gasteiger partial charge in [0.15, 0.2) is 5.96 Å². The highest BCUT2D eigenvalue weighted by Crippen LogP contribution is 2.22. The zero-order valence-electron chi connectivity index (χ0n) is 7.92. The van der Waals surface area contributed by atoms with E-state index in [2.05, 4.69) is 20.5 Å². The Kier molecular flexibility index (Phi) is 1.76. The first-order chi connectivity index (χ1) is 6.16. The van der Waals surface area contributed by atoms with E-state index in [9.17, 15) is 4.79 Å². The van der Waals surface area contributed by atoms with Crippen LogP contribution in [-0.4, -0.2) is 49.5 Å². The third kappa shape index (κ3) is 1.19. The molecule has 5 heteroatoms. The lowest BCUT2D eigenvalue weighted by atomic mass is 10.00. The Morgan fingerprint density at radius 3 is 2.85 bits per heavy atom. The van der Waals surface area contributed by atoms with E-state index in [0.717, 1.165) is 19.5 Å². The highest BCUT2D eigenvalue weighted by atomic mass is 16.2. The number of hydrogen-bond donors (Lipinski definition) is 2. The number of amides is 1. The zero-order chi connectivity index (χ0) is 9.47. The molecule has 2 rings (SSSR count). The summed E-state index contributed by atoms with van der Waals surface area (Å²) in [5, 5.41) is 5.87. The molecule has 0 aliphatic carbocycles. The molecule has 0 radical (unpaired) electrons. The summed E-state index contributed by atoms with van der Waals surface area (Å²) in [7, 11) is 3.69. The maximum atomic E-state index is 11.6. The molecule has 2 aliphatic rings. The van der Waals surface area contributed by atoms with Crippen LogP contribution in [0, 0.1) is 0 Å². The monoisotopic (exact) mass is 182 g/mol. The first-order valence-corrected chi connectivity index (χ1v) is 4.41. The van der Waals surface area contributed by atoms with Crippen LogP contribution in [0.25, 0.3) is 0 Å². The Morgan fingerprint density at radius 1 is 1.62 bits per heavy atom. The van der Waals surface area contributed by atoms with Crippen LogP contribution in [0.15, 0.2) is 4.99 Å². The van der Waals surface area contributed by atoms with E-state index in [0.29, 0.717) is 5.96 Å². The molecule has 0 aromatic rings. The molecule has 2 aliphatic heterocycles. The lowest BCUT2D eigenvalue weighted by molar-refractivity contribution is -0.123. The number of likely N-dealkylation sites (N-methyl/N-ethyl adjacent to an activating group) is 1. The molecule has 13 heavy (non-hydrogen) atoms. The van der Waals surface area contributed by atoms with Gasteiger partial charge in [0.25, 0.3) is 5.91 Å². The average Bonchev–Trinajstić information content (AvgIpc) is 2.60. The van der Waals surface area contributed by atoms with E-state index in [4.69, 9.17) is 0 Å². The lowest BCUT2D eigenvalue weighted by Crippen LogP contribution is -2.48. The molecule has 0 saturated carbocycles. The minimum atomic E-state index is -0.413. The molecule has 2 saturated heterocycles. The van der Waals surface area contributed by atoms with Gasteiger partial charge in [-0.3, -0.25) is 15.1 Å². The van der Waals surface area contributed by atoms with Gasteiger partial charge in [0.1, 0.15) is 5.54 Å². The molecule has 72 valence electrons. The van der Waals surface area contributed by atoms with Gasteiger partial charge in [-0.1, -0.05) is 0 Å². The maximum absolute atomic E-state index is 11.6. The van der Waals surface area contributed by atoms with Crippen molar-refractivity contribution in [3.05, 3.63) is 0 Å². The van der Waals surface area contributed by atoms with Crippen LogP contribution < -0.4 is 10.6 Å². The molecule has 1 atom stereocenters. The molecule has 0 aromatic carbocycles. The number of nitrogens with zero attached hydrogens (tertiary/aromatic N) is 2. The first-order valence-electron chi connectivity index (χ1n) is 4.41. The largest absolute Gasteiger partial charge is 0.341 e. The summed E-state index contributed by atoms with van der Waals surface area (Å²) in [6.07, 6.45) is 0.856. The van der Waals surface area contributed by atoms with Crippen LogP contribution in [0.5, 0.6) is 0 Å². The van der Waals surface area contributed by atoms with Gasteiger partial charge in [0.2, 0.25) is 0 Å². The zero-order valence-corrected chi connectivity index (χ0v) is 7.92. The fraction of sp³-hybridized carbons (Fsp3) is 0.750. The summed E-state index contributed by atoms with van der Waals surface area (Å²) >= 11 is 0. The molecule has 2 N–H and O–H groups in total. The van der Waals surface area contributed by atoms with Gasteiger partial charge in [-0.05, 0) is 13.5 Å². The van der Waals surface area contributed by atoms with Gasteiger partial charge in [-0.2, -0.15) is 0 Å². The van der Waals surface area contributed by atoms with Crippen LogP contribution in [0.1, 0.15) is 6.42 Å². The highest BCUT2D eigenvalue weighted by Gasteiger charge is 2.48. The third-order valence-corrected chi connectivity index (χ3v) is 2.71. The molecular weight excluding hydrogens is 168 g/mol. The van der Waals surface area contributed by atoms with Gasteiger partial charge < -0.3 is 10.2 Å². The number of carbonyl (C=O) groups excluding carboxylic acids is 1. The molecule has 2 heterocycles. The summed E-state index contributed by atoms with van der Waals surface area (Å²) in [6, 6.07) is 0. The number of likely N-dealkylation sites (tertiary alicyclic amines) is 1. The molecule has 0 aromatic heterocycles. The maximum Gasteiger partial charge on any atom is 0.253 e. The SMILES string of the molecule is CN=C1NC(=O)C2(CCN(C)C2)N1. The van der Waals surface area contributed by atoms with Crippen molar-refractivity contribution < 1.29 is 4.79 Å². The Balaban J connectivity index is 2.21. The number of carbonyl (C=O) groups is 1. The highest BCUT2D eigenvalue weighted by molar-refractivity contribution is 6.09. The summed E-state index contributed by atoms with van der Waals surface area (Å²) in [4.78, 5) is 17.7. The van der Waals surface area contributed by atoms with E-state index >= 15 is 0 Å². The summed E-state index contributed by atoms with van der Waals surface area (Å²) in [5.74, 6) is 0.651. The van der Waals surface area contributed by atoms with E-state index in [1.165, 1.54) is 0 Å². The van der Waals surface area contributed by atoms with Gasteiger partial charge in [-0.25, -0.2) is 0 Å². The summed E-state index contributed by atoms with van der Waals surface area (Å²) in [5.41, 5.74) is -0.413. The predicted molar refractivity (Wildman–Crippen MR) is 49.5 cm³/mol. The fourth-order valence-corrected chi connectivity index (χ4v) is 1.94. The van der Waals surface area contributed by atoms with Gasteiger partial charge in [-0.15, -0.1) is 0 Å². The Bertz CT molecular complexity index is 275. The van der Waals surface area contributed by atoms with Crippen LogP contribution in [-0.2, 0) is 4.79 Å². The van der Waals surface area contributed by atoms with Crippen molar-refractivity contribution >= 4 is 11.9 Å². The van der Waals surface area contributed by atoms with Crippen molar-refractivity contribution in [1.29, 1.82) is 0 Å². The minimum Gasteiger partial charge on any atom is -0.341 e. The Morgan fingerprint density at radius 2 is 2.38 bits per heavy atom. The van der Waals surface area contributed by atoms with Gasteiger partial charge in [0.05, 0.1) is 0 Å². The normalized spacial score (nSPS) is 37.1. The van der Waals surface area contributed by atoms with E-state index in [-0.39, 0.29) is 5.91 Å². The molecule has 1 amide bonds. The van der Waals surface area contributed by atoms with E-state index in [1.807, 2.05) is 7.05 Å². The molecule has 5 nitrogen and oxygen atoms in total. The fourth-order valence-electron chi connectivity index (χ4n) is 1.94. The quantitative estimate of drug-likeness (QED) is 0.493. The minimum absolute atomic E-state index is 0.0532. The number of nitrogens with one attached hydrogen (secondary N) is 2. The molecule has 2 fully saturated rings. The second kappa shape index (κ2) is 2.70. The van der Waals surface area contributed by atoms with Crippen molar-refractivity contribution in [1.82, 2.24) is 15.5 Å². The predicted octanol–water partition coefficient (Wildman–Crippen LogP) is -1.23. The van der Waals surface area contributed by atoms with Gasteiger partial charge in [0, 0.05) is 20.1 Å². The molecule has 1 unspecified atom stereocenters. The summed E-state index contributed by atoms with van der Waals surface area (Å²) in [6.45, 7) is 1.72. The number of hydrogen-bond acceptors (Lipinski definition) is 3. The standard InChI is InChI=1S/C8H14N4O/c1-9-7-10-6(13)8(11-7)3-4-12(2)5-8/h3-5H2,1-2H3,(H2,9,10,11,13). The number of guanidine groups is 1.